The number of hydrogen-bond acceptors (Lipinski definition) is 4. The number of hydrogen-bond donors (Lipinski definition) is 2. The van der Waals surface area contributed by atoms with Gasteiger partial charge in [-0.25, -0.2) is 13.1 Å². The van der Waals surface area contributed by atoms with E-state index in [0.29, 0.717) is 31.6 Å². The molecule has 112 valence electrons. The predicted octanol–water partition coefficient (Wildman–Crippen LogP) is 1.59. The van der Waals surface area contributed by atoms with Crippen molar-refractivity contribution in [2.75, 3.05) is 13.2 Å². The molecule has 2 N–H and O–H groups in total. The summed E-state index contributed by atoms with van der Waals surface area (Å²) < 4.78 is 32.9. The molecular weight excluding hydrogens is 278 g/mol. The van der Waals surface area contributed by atoms with Crippen LogP contribution < -0.4 is 4.72 Å². The number of sulfonamides is 1. The van der Waals surface area contributed by atoms with Crippen molar-refractivity contribution < 1.29 is 18.3 Å². The van der Waals surface area contributed by atoms with Crippen molar-refractivity contribution in [3.05, 3.63) is 29.8 Å². The summed E-state index contributed by atoms with van der Waals surface area (Å²) in [6.45, 7) is 4.63. The van der Waals surface area contributed by atoms with Gasteiger partial charge in [0.15, 0.2) is 0 Å². The molecule has 1 fully saturated rings. The SMILES string of the molecule is CC(O)c1cccc(S(=O)(=O)NC2(C)CCOCC2)c1. The molecule has 20 heavy (non-hydrogen) atoms. The van der Waals surface area contributed by atoms with E-state index in [2.05, 4.69) is 4.72 Å². The topological polar surface area (TPSA) is 75.6 Å². The predicted molar refractivity (Wildman–Crippen MR) is 75.9 cm³/mol. The number of nitrogens with one attached hydrogen (secondary N) is 1. The van der Waals surface area contributed by atoms with Crippen LogP contribution in [0.25, 0.3) is 0 Å². The van der Waals surface area contributed by atoms with Crippen LogP contribution >= 0.6 is 0 Å². The maximum Gasteiger partial charge on any atom is 0.241 e. The van der Waals surface area contributed by atoms with Gasteiger partial charge in [0.2, 0.25) is 10.0 Å². The zero-order valence-electron chi connectivity index (χ0n) is 11.8. The molecule has 0 spiro atoms. The largest absolute Gasteiger partial charge is 0.389 e. The van der Waals surface area contributed by atoms with Crippen molar-refractivity contribution in [1.29, 1.82) is 0 Å². The molecule has 5 nitrogen and oxygen atoms in total. The summed E-state index contributed by atoms with van der Waals surface area (Å²) in [7, 11) is -3.59. The van der Waals surface area contributed by atoms with E-state index in [1.165, 1.54) is 12.1 Å². The Kier molecular flexibility index (Phi) is 4.49. The third-order valence-electron chi connectivity index (χ3n) is 3.63. The molecule has 1 atom stereocenters. The van der Waals surface area contributed by atoms with Gasteiger partial charge in [0.1, 0.15) is 0 Å². The molecule has 1 heterocycles. The first kappa shape index (κ1) is 15.4. The normalized spacial score (nSPS) is 20.6. The summed E-state index contributed by atoms with van der Waals surface area (Å²) in [5.41, 5.74) is 0.114. The number of rotatable bonds is 4. The molecule has 1 unspecified atom stereocenters. The molecule has 1 aromatic rings. The molecule has 0 amide bonds. The van der Waals surface area contributed by atoms with Gasteiger partial charge < -0.3 is 9.84 Å². The fourth-order valence-electron chi connectivity index (χ4n) is 2.25. The van der Waals surface area contributed by atoms with Crippen LogP contribution in [0.3, 0.4) is 0 Å². The van der Waals surface area contributed by atoms with E-state index in [-0.39, 0.29) is 4.90 Å². The van der Waals surface area contributed by atoms with Gasteiger partial charge in [0.25, 0.3) is 0 Å². The fourth-order valence-corrected chi connectivity index (χ4v) is 3.77. The second kappa shape index (κ2) is 5.81. The molecule has 0 bridgehead atoms. The Hall–Kier alpha value is -0.950. The molecule has 1 aliphatic heterocycles. The van der Waals surface area contributed by atoms with Gasteiger partial charge in [0, 0.05) is 18.8 Å². The Bertz CT molecular complexity index is 562. The second-order valence-electron chi connectivity index (χ2n) is 5.53. The first-order valence-corrected chi connectivity index (χ1v) is 8.20. The molecular formula is C14H21NO4S. The molecule has 0 radical (unpaired) electrons. The van der Waals surface area contributed by atoms with Gasteiger partial charge in [-0.05, 0) is 44.4 Å². The lowest BCUT2D eigenvalue weighted by atomic mass is 9.94. The summed E-state index contributed by atoms with van der Waals surface area (Å²) in [5.74, 6) is 0. The Morgan fingerprint density at radius 1 is 1.35 bits per heavy atom. The molecule has 6 heteroatoms. The average Bonchev–Trinajstić information content (AvgIpc) is 2.38. The number of benzene rings is 1. The van der Waals surface area contributed by atoms with Gasteiger partial charge in [-0.15, -0.1) is 0 Å². The number of ether oxygens (including phenoxy) is 1. The standard InChI is InChI=1S/C14H21NO4S/c1-11(16)12-4-3-5-13(10-12)20(17,18)15-14(2)6-8-19-9-7-14/h3-5,10-11,15-16H,6-9H2,1-2H3. The maximum absolute atomic E-state index is 12.4. The Morgan fingerprint density at radius 3 is 2.60 bits per heavy atom. The smallest absolute Gasteiger partial charge is 0.241 e. The fraction of sp³-hybridized carbons (Fsp3) is 0.571. The minimum Gasteiger partial charge on any atom is -0.389 e. The molecule has 0 saturated carbocycles. The van der Waals surface area contributed by atoms with Gasteiger partial charge in [0.05, 0.1) is 11.0 Å². The Morgan fingerprint density at radius 2 is 2.00 bits per heavy atom. The number of aliphatic hydroxyl groups is 1. The van der Waals surface area contributed by atoms with Crippen LogP contribution in [-0.4, -0.2) is 32.3 Å². The second-order valence-corrected chi connectivity index (χ2v) is 7.21. The lowest BCUT2D eigenvalue weighted by Gasteiger charge is -2.34. The zero-order valence-corrected chi connectivity index (χ0v) is 12.6. The van der Waals surface area contributed by atoms with Crippen molar-refractivity contribution in [1.82, 2.24) is 4.72 Å². The third kappa shape index (κ3) is 3.58. The lowest BCUT2D eigenvalue weighted by molar-refractivity contribution is 0.0537. The first-order chi connectivity index (χ1) is 9.32. The van der Waals surface area contributed by atoms with Gasteiger partial charge in [-0.1, -0.05) is 12.1 Å². The van der Waals surface area contributed by atoms with Crippen LogP contribution in [0.5, 0.6) is 0 Å². The molecule has 2 rings (SSSR count). The third-order valence-corrected chi connectivity index (χ3v) is 5.26. The van der Waals surface area contributed by atoms with Crippen molar-refractivity contribution in [2.45, 2.75) is 43.2 Å². The van der Waals surface area contributed by atoms with Crippen LogP contribution in [0, 0.1) is 0 Å². The molecule has 0 aromatic heterocycles. The molecule has 0 aliphatic carbocycles. The summed E-state index contributed by atoms with van der Waals surface area (Å²) >= 11 is 0. The van der Waals surface area contributed by atoms with E-state index < -0.39 is 21.7 Å². The Labute approximate surface area is 120 Å². The monoisotopic (exact) mass is 299 g/mol. The van der Waals surface area contributed by atoms with Gasteiger partial charge in [-0.2, -0.15) is 0 Å². The average molecular weight is 299 g/mol. The van der Waals surface area contributed by atoms with Crippen LogP contribution in [0.15, 0.2) is 29.2 Å². The van der Waals surface area contributed by atoms with E-state index >= 15 is 0 Å². The summed E-state index contributed by atoms with van der Waals surface area (Å²) in [6, 6.07) is 6.40. The van der Waals surface area contributed by atoms with Gasteiger partial charge >= 0.3 is 0 Å². The lowest BCUT2D eigenvalue weighted by Crippen LogP contribution is -2.49. The van der Waals surface area contributed by atoms with Gasteiger partial charge in [-0.3, -0.25) is 0 Å². The van der Waals surface area contributed by atoms with E-state index in [4.69, 9.17) is 4.74 Å². The highest BCUT2D eigenvalue weighted by Crippen LogP contribution is 2.24. The van der Waals surface area contributed by atoms with Crippen molar-refractivity contribution >= 4 is 10.0 Å². The van der Waals surface area contributed by atoms with Crippen LogP contribution in [0.1, 0.15) is 38.4 Å². The number of aliphatic hydroxyl groups excluding tert-OH is 1. The quantitative estimate of drug-likeness (QED) is 0.885. The van der Waals surface area contributed by atoms with E-state index in [9.17, 15) is 13.5 Å². The first-order valence-electron chi connectivity index (χ1n) is 6.72. The van der Waals surface area contributed by atoms with Crippen LogP contribution in [0.2, 0.25) is 0 Å². The summed E-state index contributed by atoms with van der Waals surface area (Å²) in [4.78, 5) is 0.184. The van der Waals surface area contributed by atoms with Crippen LogP contribution in [0.4, 0.5) is 0 Å². The summed E-state index contributed by atoms with van der Waals surface area (Å²) in [6.07, 6.45) is 0.619. The van der Waals surface area contributed by atoms with Crippen molar-refractivity contribution in [3.8, 4) is 0 Å². The molecule has 1 aliphatic rings. The van der Waals surface area contributed by atoms with Crippen molar-refractivity contribution in [3.63, 3.8) is 0 Å². The summed E-state index contributed by atoms with van der Waals surface area (Å²) in [5, 5.41) is 9.55. The molecule has 1 aromatic carbocycles. The van der Waals surface area contributed by atoms with E-state index in [0.717, 1.165) is 0 Å². The van der Waals surface area contributed by atoms with Crippen molar-refractivity contribution in [2.24, 2.45) is 0 Å². The minimum atomic E-state index is -3.59. The van der Waals surface area contributed by atoms with E-state index in [1.54, 1.807) is 19.1 Å². The maximum atomic E-state index is 12.4. The minimum absolute atomic E-state index is 0.184. The highest BCUT2D eigenvalue weighted by Gasteiger charge is 2.32. The highest BCUT2D eigenvalue weighted by atomic mass is 32.2. The zero-order chi connectivity index (χ0) is 14.8. The molecule has 1 saturated heterocycles. The van der Waals surface area contributed by atoms with E-state index in [1.807, 2.05) is 6.92 Å². The highest BCUT2D eigenvalue weighted by molar-refractivity contribution is 7.89. The van der Waals surface area contributed by atoms with Crippen LogP contribution in [-0.2, 0) is 14.8 Å². The Balaban J connectivity index is 2.24.